The molecule has 0 bridgehead atoms. The third-order valence-electron chi connectivity index (χ3n) is 9.73. The molecule has 5 rings (SSSR count). The van der Waals surface area contributed by atoms with Crippen molar-refractivity contribution in [3.05, 3.63) is 114 Å². The summed E-state index contributed by atoms with van der Waals surface area (Å²) < 4.78 is 0. The molecule has 6 heteroatoms. The standard InChI is InChI=1S/C38H47N5O/c1-5-31(15-20-39)32-26-29(2)36(30(3)27-32)37(44)41-22-11-18-38(4,19-25-41)42-23-16-35(17-24-42)43(34-13-7-6-8-14-34)28-33-12-9-10-21-40-33/h5-10,12-15,20-21,26-27,35,39H,1,11,16-19,22-25,28H2,2-4H3/b31-15+,39-20?. The van der Waals surface area contributed by atoms with Crippen LogP contribution in [0.25, 0.3) is 5.57 Å². The fourth-order valence-electron chi connectivity index (χ4n) is 7.21. The van der Waals surface area contributed by atoms with Crippen LogP contribution in [0, 0.1) is 19.3 Å². The monoisotopic (exact) mass is 589 g/mol. The Morgan fingerprint density at radius 2 is 1.73 bits per heavy atom. The normalized spacial score (nSPS) is 20.2. The molecule has 0 radical (unpaired) electrons. The number of aryl methyl sites for hydroxylation is 2. The van der Waals surface area contributed by atoms with Crippen LogP contribution in [0.4, 0.5) is 5.69 Å². The van der Waals surface area contributed by atoms with Crippen LogP contribution in [0.2, 0.25) is 0 Å². The van der Waals surface area contributed by atoms with Gasteiger partial charge in [-0.25, -0.2) is 0 Å². The lowest BCUT2D eigenvalue weighted by molar-refractivity contribution is 0.0579. The van der Waals surface area contributed by atoms with Crippen LogP contribution in [0.5, 0.6) is 0 Å². The maximum atomic E-state index is 13.9. The second kappa shape index (κ2) is 14.2. The Kier molecular flexibility index (Phi) is 10.1. The minimum absolute atomic E-state index is 0.0862. The van der Waals surface area contributed by atoms with E-state index < -0.39 is 0 Å². The summed E-state index contributed by atoms with van der Waals surface area (Å²) in [5, 5.41) is 7.45. The molecule has 1 unspecified atom stereocenters. The van der Waals surface area contributed by atoms with Gasteiger partial charge in [-0.1, -0.05) is 49.1 Å². The lowest BCUT2D eigenvalue weighted by Gasteiger charge is -2.47. The number of hydrogen-bond acceptors (Lipinski definition) is 5. The summed E-state index contributed by atoms with van der Waals surface area (Å²) in [6.07, 6.45) is 12.0. The lowest BCUT2D eigenvalue weighted by atomic mass is 9.87. The van der Waals surface area contributed by atoms with Crippen LogP contribution in [-0.2, 0) is 6.54 Å². The predicted octanol–water partition coefficient (Wildman–Crippen LogP) is 7.47. The van der Waals surface area contributed by atoms with Crippen molar-refractivity contribution in [2.45, 2.75) is 71.0 Å². The molecule has 3 heterocycles. The fourth-order valence-corrected chi connectivity index (χ4v) is 7.21. The van der Waals surface area contributed by atoms with Gasteiger partial charge < -0.3 is 15.2 Å². The van der Waals surface area contributed by atoms with E-state index in [0.717, 1.165) is 98.3 Å². The summed E-state index contributed by atoms with van der Waals surface area (Å²) in [6.45, 7) is 14.9. The Hall–Kier alpha value is -4.03. The van der Waals surface area contributed by atoms with Gasteiger partial charge in [-0.2, -0.15) is 0 Å². The van der Waals surface area contributed by atoms with Gasteiger partial charge in [0.25, 0.3) is 5.91 Å². The third-order valence-corrected chi connectivity index (χ3v) is 9.73. The van der Waals surface area contributed by atoms with Crippen molar-refractivity contribution < 1.29 is 4.79 Å². The summed E-state index contributed by atoms with van der Waals surface area (Å²) >= 11 is 0. The van der Waals surface area contributed by atoms with E-state index in [-0.39, 0.29) is 11.4 Å². The quantitative estimate of drug-likeness (QED) is 0.208. The Balaban J connectivity index is 1.24. The largest absolute Gasteiger partial charge is 0.363 e. The van der Waals surface area contributed by atoms with Gasteiger partial charge in [-0.05, 0) is 105 Å². The number of carbonyl (C=O) groups excluding carboxylic acids is 1. The molecule has 2 saturated heterocycles. The van der Waals surface area contributed by atoms with Gasteiger partial charge in [0.1, 0.15) is 0 Å². The van der Waals surface area contributed by atoms with Crippen LogP contribution in [-0.4, -0.2) is 64.7 Å². The number of hydrogen-bond donors (Lipinski definition) is 1. The van der Waals surface area contributed by atoms with Crippen molar-refractivity contribution in [2.75, 3.05) is 31.1 Å². The number of anilines is 1. The Labute approximate surface area is 263 Å². The minimum atomic E-state index is 0.0862. The maximum Gasteiger partial charge on any atom is 0.254 e. The van der Waals surface area contributed by atoms with Crippen LogP contribution < -0.4 is 4.90 Å². The number of pyridine rings is 1. The van der Waals surface area contributed by atoms with E-state index in [1.165, 1.54) is 11.9 Å². The smallest absolute Gasteiger partial charge is 0.254 e. The second-order valence-electron chi connectivity index (χ2n) is 12.6. The first-order chi connectivity index (χ1) is 21.3. The van der Waals surface area contributed by atoms with Gasteiger partial charge >= 0.3 is 0 Å². The first-order valence-corrected chi connectivity index (χ1v) is 16.0. The molecule has 1 atom stereocenters. The highest BCUT2D eigenvalue weighted by atomic mass is 16.2. The zero-order valence-electron chi connectivity index (χ0n) is 26.6. The molecule has 6 nitrogen and oxygen atoms in total. The van der Waals surface area contributed by atoms with Crippen LogP contribution in [0.1, 0.15) is 71.8 Å². The number of rotatable bonds is 9. The topological polar surface area (TPSA) is 63.5 Å². The van der Waals surface area contributed by atoms with E-state index in [2.05, 4.69) is 87.8 Å². The number of carbonyl (C=O) groups is 1. The van der Waals surface area contributed by atoms with Gasteiger partial charge in [-0.3, -0.25) is 14.7 Å². The van der Waals surface area contributed by atoms with Crippen LogP contribution >= 0.6 is 0 Å². The SMILES string of the molecule is C=C/C(=C\C=N)c1cc(C)c(C(=O)N2CCCC(C)(N3CCC(N(Cc4ccccn4)c4ccccc4)CC3)CC2)c(C)c1. The van der Waals surface area contributed by atoms with Crippen molar-refractivity contribution in [3.8, 4) is 0 Å². The van der Waals surface area contributed by atoms with Crippen LogP contribution in [0.15, 0.2) is 85.6 Å². The molecule has 1 amide bonds. The van der Waals surface area contributed by atoms with Gasteiger partial charge in [0.05, 0.1) is 12.2 Å². The average molecular weight is 590 g/mol. The Morgan fingerprint density at radius 1 is 1.02 bits per heavy atom. The molecule has 2 aromatic carbocycles. The van der Waals surface area contributed by atoms with E-state index >= 15 is 0 Å². The van der Waals surface area contributed by atoms with Crippen molar-refractivity contribution >= 4 is 23.4 Å². The number of benzene rings is 2. The van der Waals surface area contributed by atoms with Crippen molar-refractivity contribution in [1.29, 1.82) is 5.41 Å². The van der Waals surface area contributed by atoms with Gasteiger partial charge in [0, 0.05) is 61.4 Å². The van der Waals surface area contributed by atoms with E-state index in [4.69, 9.17) is 5.41 Å². The molecular formula is C38H47N5O. The summed E-state index contributed by atoms with van der Waals surface area (Å²) in [5.41, 5.74) is 7.10. The van der Waals surface area contributed by atoms with E-state index in [0.29, 0.717) is 6.04 Å². The Bertz CT molecular complexity index is 1450. The van der Waals surface area contributed by atoms with Gasteiger partial charge in [0.15, 0.2) is 0 Å². The average Bonchev–Trinajstić information content (AvgIpc) is 3.25. The summed E-state index contributed by atoms with van der Waals surface area (Å²) in [7, 11) is 0. The molecule has 44 heavy (non-hydrogen) atoms. The van der Waals surface area contributed by atoms with Gasteiger partial charge in [0.2, 0.25) is 0 Å². The summed E-state index contributed by atoms with van der Waals surface area (Å²) in [6, 6.07) is 21.5. The van der Waals surface area contributed by atoms with Crippen molar-refractivity contribution in [2.24, 2.45) is 0 Å². The number of likely N-dealkylation sites (tertiary alicyclic amines) is 2. The van der Waals surface area contributed by atoms with E-state index in [1.807, 2.05) is 26.1 Å². The molecular weight excluding hydrogens is 542 g/mol. The molecule has 2 aliphatic rings. The third kappa shape index (κ3) is 7.02. The van der Waals surface area contributed by atoms with E-state index in [9.17, 15) is 4.79 Å². The molecule has 230 valence electrons. The second-order valence-corrected chi connectivity index (χ2v) is 12.6. The van der Waals surface area contributed by atoms with Gasteiger partial charge in [-0.15, -0.1) is 0 Å². The zero-order chi connectivity index (χ0) is 31.1. The molecule has 2 fully saturated rings. The molecule has 0 saturated carbocycles. The highest BCUT2D eigenvalue weighted by molar-refractivity contribution is 5.98. The van der Waals surface area contributed by atoms with Crippen molar-refractivity contribution in [1.82, 2.24) is 14.8 Å². The zero-order valence-corrected chi connectivity index (χ0v) is 26.6. The number of allylic oxidation sites excluding steroid dienone is 3. The molecule has 0 spiro atoms. The molecule has 1 N–H and O–H groups in total. The van der Waals surface area contributed by atoms with Crippen molar-refractivity contribution in [3.63, 3.8) is 0 Å². The number of piperidine rings is 1. The highest BCUT2D eigenvalue weighted by Gasteiger charge is 2.38. The number of aromatic nitrogens is 1. The lowest BCUT2D eigenvalue weighted by Crippen LogP contribution is -2.54. The fraction of sp³-hybridized carbons (Fsp3) is 0.395. The summed E-state index contributed by atoms with van der Waals surface area (Å²) in [4.78, 5) is 25.9. The molecule has 2 aliphatic heterocycles. The first kappa shape index (κ1) is 31.4. The number of nitrogens with one attached hydrogen (secondary N) is 1. The summed E-state index contributed by atoms with van der Waals surface area (Å²) in [5.74, 6) is 0.138. The minimum Gasteiger partial charge on any atom is -0.363 e. The van der Waals surface area contributed by atoms with Crippen LogP contribution in [0.3, 0.4) is 0 Å². The maximum absolute atomic E-state index is 13.9. The predicted molar refractivity (Wildman–Crippen MR) is 182 cm³/mol. The number of para-hydroxylation sites is 1. The molecule has 3 aromatic rings. The molecule has 1 aromatic heterocycles. The first-order valence-electron chi connectivity index (χ1n) is 16.0. The molecule has 0 aliphatic carbocycles. The number of nitrogens with zero attached hydrogens (tertiary/aromatic N) is 4. The number of amides is 1. The highest BCUT2D eigenvalue weighted by Crippen LogP contribution is 2.34. The van der Waals surface area contributed by atoms with E-state index in [1.54, 1.807) is 12.2 Å². The Morgan fingerprint density at radius 3 is 2.36 bits per heavy atom.